The standard InChI is InChI=1S/C23H37N5O4.C7H8O3S/c1-15(2)12-20(21(29)26-28(14-16(3)4)23(31)17(5)24)19(22(30)27-32)10-6-8-18-9-7-11-25-13-18;1-6-2-4-7(5-3-6)11(8,9)10/h6-9,11,13,15-17,19-20,32H,10,12,14,24H2,1-5H3,(H,26,29)(H,27,30);2-5H,1H3,(H,8,9,10)/b8-6+;/t17-,19+,20-;/m1./s1. The molecule has 0 saturated heterocycles. The van der Waals surface area contributed by atoms with Gasteiger partial charge in [0, 0.05) is 18.9 Å². The minimum Gasteiger partial charge on any atom is -0.320 e. The van der Waals surface area contributed by atoms with Crippen molar-refractivity contribution in [3.63, 3.8) is 0 Å². The number of hydrazine groups is 1. The van der Waals surface area contributed by atoms with Gasteiger partial charge in [-0.25, -0.2) is 5.48 Å². The van der Waals surface area contributed by atoms with Crippen LogP contribution in [0.25, 0.3) is 6.08 Å². The lowest BCUT2D eigenvalue weighted by molar-refractivity contribution is -0.148. The quantitative estimate of drug-likeness (QED) is 0.135. The van der Waals surface area contributed by atoms with Crippen LogP contribution in [0.2, 0.25) is 0 Å². The van der Waals surface area contributed by atoms with E-state index in [1.165, 1.54) is 17.1 Å². The fourth-order valence-corrected chi connectivity index (χ4v) is 4.53. The molecule has 0 bridgehead atoms. The smallest absolute Gasteiger partial charge is 0.294 e. The number of allylic oxidation sites excluding steroid dienone is 1. The first kappa shape index (κ1) is 37.4. The number of nitrogens with two attached hydrogens (primary N) is 1. The molecule has 0 spiro atoms. The van der Waals surface area contributed by atoms with Crippen molar-refractivity contribution in [2.24, 2.45) is 29.4 Å². The maximum Gasteiger partial charge on any atom is 0.294 e. The third kappa shape index (κ3) is 13.9. The third-order valence-corrected chi connectivity index (χ3v) is 7.01. The maximum absolute atomic E-state index is 13.3. The summed E-state index contributed by atoms with van der Waals surface area (Å²) in [5.74, 6) is -2.93. The average molecular weight is 620 g/mol. The summed E-state index contributed by atoms with van der Waals surface area (Å²) < 4.78 is 29.6. The summed E-state index contributed by atoms with van der Waals surface area (Å²) in [7, 11) is -4.02. The van der Waals surface area contributed by atoms with Gasteiger partial charge in [-0.1, -0.05) is 63.6 Å². The van der Waals surface area contributed by atoms with E-state index in [0.717, 1.165) is 11.1 Å². The van der Waals surface area contributed by atoms with Crippen molar-refractivity contribution in [1.82, 2.24) is 20.9 Å². The number of hydroxylamine groups is 1. The number of pyridine rings is 1. The van der Waals surface area contributed by atoms with Gasteiger partial charge in [-0.3, -0.25) is 39.6 Å². The van der Waals surface area contributed by atoms with E-state index in [9.17, 15) is 28.0 Å². The van der Waals surface area contributed by atoms with Crippen LogP contribution in [-0.2, 0) is 24.5 Å². The monoisotopic (exact) mass is 619 g/mol. The molecule has 0 aliphatic heterocycles. The molecule has 12 nitrogen and oxygen atoms in total. The zero-order valence-electron chi connectivity index (χ0n) is 25.6. The highest BCUT2D eigenvalue weighted by molar-refractivity contribution is 7.85. The van der Waals surface area contributed by atoms with E-state index in [-0.39, 0.29) is 29.7 Å². The largest absolute Gasteiger partial charge is 0.320 e. The van der Waals surface area contributed by atoms with Crippen LogP contribution < -0.4 is 16.6 Å². The number of hydrogen-bond acceptors (Lipinski definition) is 8. The second-order valence-corrected chi connectivity index (χ2v) is 12.6. The molecule has 3 amide bonds. The highest BCUT2D eigenvalue weighted by Crippen LogP contribution is 2.25. The summed E-state index contributed by atoms with van der Waals surface area (Å²) in [4.78, 5) is 42.2. The number of aromatic nitrogens is 1. The Labute approximate surface area is 254 Å². The van der Waals surface area contributed by atoms with Crippen molar-refractivity contribution in [2.75, 3.05) is 6.54 Å². The second-order valence-electron chi connectivity index (χ2n) is 11.1. The van der Waals surface area contributed by atoms with Crippen LogP contribution in [0.4, 0.5) is 0 Å². The number of aryl methyl sites for hydroxylation is 1. The van der Waals surface area contributed by atoms with Crippen molar-refractivity contribution in [3.05, 3.63) is 66.0 Å². The van der Waals surface area contributed by atoms with Crippen LogP contribution in [0.1, 0.15) is 58.6 Å². The van der Waals surface area contributed by atoms with Gasteiger partial charge in [0.05, 0.1) is 22.8 Å². The Morgan fingerprint density at radius 2 is 1.63 bits per heavy atom. The number of nitrogens with one attached hydrogen (secondary N) is 2. The van der Waals surface area contributed by atoms with Crippen LogP contribution >= 0.6 is 0 Å². The van der Waals surface area contributed by atoms with Gasteiger partial charge < -0.3 is 5.73 Å². The van der Waals surface area contributed by atoms with Crippen molar-refractivity contribution in [3.8, 4) is 0 Å². The van der Waals surface area contributed by atoms with Gasteiger partial charge in [-0.15, -0.1) is 0 Å². The SMILES string of the molecule is CC(C)C[C@@H](C(=O)NN(CC(C)C)C(=O)[C@@H](C)N)[C@H](C/C=C/c1cccnc1)C(=O)NO.Cc1ccc(S(=O)(=O)O)cc1. The lowest BCUT2D eigenvalue weighted by Gasteiger charge is -2.31. The molecule has 2 aromatic rings. The first-order valence-electron chi connectivity index (χ1n) is 14.0. The fourth-order valence-electron chi connectivity index (χ4n) is 4.05. The first-order chi connectivity index (χ1) is 20.1. The Hall–Kier alpha value is -3.65. The van der Waals surface area contributed by atoms with Gasteiger partial charge in [-0.05, 0) is 62.3 Å². The molecular formula is C30H45N5O7S. The van der Waals surface area contributed by atoms with E-state index < -0.39 is 45.7 Å². The molecule has 0 fully saturated rings. The van der Waals surface area contributed by atoms with Crippen LogP contribution in [0.5, 0.6) is 0 Å². The van der Waals surface area contributed by atoms with Crippen molar-refractivity contribution in [2.45, 2.75) is 65.3 Å². The predicted octanol–water partition coefficient (Wildman–Crippen LogP) is 3.37. The summed E-state index contributed by atoms with van der Waals surface area (Å²) >= 11 is 0. The Morgan fingerprint density at radius 1 is 1.00 bits per heavy atom. The zero-order valence-corrected chi connectivity index (χ0v) is 26.4. The average Bonchev–Trinajstić information content (AvgIpc) is 2.93. The minimum atomic E-state index is -4.02. The number of benzene rings is 1. The van der Waals surface area contributed by atoms with E-state index in [1.807, 2.05) is 40.7 Å². The Kier molecular flexibility index (Phi) is 15.7. The summed E-state index contributed by atoms with van der Waals surface area (Å²) in [5, 5.41) is 10.5. The van der Waals surface area contributed by atoms with E-state index in [0.29, 0.717) is 6.42 Å². The summed E-state index contributed by atoms with van der Waals surface area (Å²) in [6.07, 6.45) is 7.54. The molecule has 2 rings (SSSR count). The Morgan fingerprint density at radius 3 is 2.09 bits per heavy atom. The lowest BCUT2D eigenvalue weighted by atomic mass is 9.82. The van der Waals surface area contributed by atoms with Crippen LogP contribution in [-0.4, -0.2) is 58.5 Å². The molecular weight excluding hydrogens is 574 g/mol. The van der Waals surface area contributed by atoms with Gasteiger partial charge in [0.2, 0.25) is 11.8 Å². The molecule has 1 heterocycles. The Balaban J connectivity index is 0.000000699. The number of nitrogens with zero attached hydrogens (tertiary/aromatic N) is 2. The highest BCUT2D eigenvalue weighted by atomic mass is 32.2. The fraction of sp³-hybridized carbons (Fsp3) is 0.467. The summed E-state index contributed by atoms with van der Waals surface area (Å²) in [5.41, 5.74) is 11.9. The number of amides is 3. The van der Waals surface area contributed by atoms with Crippen molar-refractivity contribution < 1.29 is 32.6 Å². The molecule has 238 valence electrons. The van der Waals surface area contributed by atoms with Crippen LogP contribution in [0.15, 0.2) is 59.8 Å². The lowest BCUT2D eigenvalue weighted by Crippen LogP contribution is -2.55. The van der Waals surface area contributed by atoms with Gasteiger partial charge in [0.25, 0.3) is 16.0 Å². The van der Waals surface area contributed by atoms with Crippen molar-refractivity contribution in [1.29, 1.82) is 0 Å². The highest BCUT2D eigenvalue weighted by Gasteiger charge is 2.35. The second kappa shape index (κ2) is 18.1. The zero-order chi connectivity index (χ0) is 32.7. The molecule has 6 N–H and O–H groups in total. The third-order valence-electron chi connectivity index (χ3n) is 6.15. The Bertz CT molecular complexity index is 1300. The van der Waals surface area contributed by atoms with E-state index >= 15 is 0 Å². The minimum absolute atomic E-state index is 0.0666. The van der Waals surface area contributed by atoms with Gasteiger partial charge in [0.15, 0.2) is 0 Å². The van der Waals surface area contributed by atoms with E-state index in [2.05, 4.69) is 10.4 Å². The summed E-state index contributed by atoms with van der Waals surface area (Å²) in [6.45, 7) is 11.4. The first-order valence-corrected chi connectivity index (χ1v) is 15.4. The van der Waals surface area contributed by atoms with E-state index in [4.69, 9.17) is 10.3 Å². The number of carbonyl (C=O) groups is 3. The normalized spacial score (nSPS) is 13.6. The summed E-state index contributed by atoms with van der Waals surface area (Å²) in [6, 6.07) is 8.87. The topological polar surface area (TPSA) is 192 Å². The molecule has 43 heavy (non-hydrogen) atoms. The molecule has 0 unspecified atom stereocenters. The molecule has 0 aliphatic carbocycles. The number of hydrogen-bond donors (Lipinski definition) is 5. The predicted molar refractivity (Wildman–Crippen MR) is 164 cm³/mol. The van der Waals surface area contributed by atoms with Gasteiger partial charge >= 0.3 is 0 Å². The van der Waals surface area contributed by atoms with Gasteiger partial charge in [0.1, 0.15) is 0 Å². The molecule has 1 aromatic carbocycles. The van der Waals surface area contributed by atoms with Crippen LogP contribution in [0, 0.1) is 30.6 Å². The number of rotatable bonds is 12. The van der Waals surface area contributed by atoms with Crippen molar-refractivity contribution >= 4 is 33.9 Å². The van der Waals surface area contributed by atoms with E-state index in [1.54, 1.807) is 55.1 Å². The van der Waals surface area contributed by atoms with Gasteiger partial charge in [-0.2, -0.15) is 8.42 Å². The molecule has 0 radical (unpaired) electrons. The van der Waals surface area contributed by atoms with Crippen LogP contribution in [0.3, 0.4) is 0 Å². The molecule has 0 aliphatic rings. The number of carbonyl (C=O) groups excluding carboxylic acids is 3. The molecule has 1 aromatic heterocycles. The maximum atomic E-state index is 13.3. The molecule has 13 heteroatoms. The molecule has 0 saturated carbocycles. The molecule has 3 atom stereocenters.